The van der Waals surface area contributed by atoms with Crippen molar-refractivity contribution >= 4 is 39.2 Å². The summed E-state index contributed by atoms with van der Waals surface area (Å²) < 4.78 is 56.7. The van der Waals surface area contributed by atoms with Crippen molar-refractivity contribution in [2.24, 2.45) is 5.92 Å². The smallest absolute Gasteiger partial charge is 0.462 e. The van der Waals surface area contributed by atoms with E-state index < -0.39 is 83.7 Å². The van der Waals surface area contributed by atoms with Crippen LogP contribution < -0.4 is 11.4 Å². The van der Waals surface area contributed by atoms with Gasteiger partial charge in [-0.3, -0.25) is 28.0 Å². The van der Waals surface area contributed by atoms with E-state index in [1.807, 2.05) is 6.08 Å². The molecule has 0 aliphatic carbocycles. The Bertz CT molecular complexity index is 1830. The molecule has 0 bridgehead atoms. The lowest BCUT2D eigenvalue weighted by atomic mass is 10.0. The number of nitrogens with zero attached hydrogens (tertiary/aromatic N) is 2. The Morgan fingerprint density at radius 3 is 1.93 bits per heavy atom. The van der Waals surface area contributed by atoms with Crippen LogP contribution >= 0.6 is 15.6 Å². The molecule has 2 unspecified atom stereocenters. The monoisotopic (exact) mass is 1020 g/mol. The molecule has 1 aliphatic heterocycles. The van der Waals surface area contributed by atoms with Gasteiger partial charge in [-0.05, 0) is 50.2 Å². The highest BCUT2D eigenvalue weighted by molar-refractivity contribution is 7.61. The third-order valence-corrected chi connectivity index (χ3v) is 14.0. The summed E-state index contributed by atoms with van der Waals surface area (Å²) in [6.45, 7) is 4.29. The van der Waals surface area contributed by atoms with E-state index in [9.17, 15) is 48.3 Å². The number of ketones is 1. The molecule has 6 N–H and O–H groups in total. The lowest BCUT2D eigenvalue weighted by molar-refractivity contribution is -0.161. The second-order valence-corrected chi connectivity index (χ2v) is 21.2. The summed E-state index contributed by atoms with van der Waals surface area (Å²) in [5.74, 6) is -0.560. The molecule has 69 heavy (non-hydrogen) atoms. The molecule has 1 fully saturated rings. The first-order valence-electron chi connectivity index (χ1n) is 25.2. The number of phosphoric ester groups is 2. The van der Waals surface area contributed by atoms with Crippen molar-refractivity contribution in [2.75, 3.05) is 25.6 Å². The molecule has 396 valence electrons. The van der Waals surface area contributed by atoms with Gasteiger partial charge < -0.3 is 39.9 Å². The van der Waals surface area contributed by atoms with Gasteiger partial charge in [-0.15, -0.1) is 0 Å². The number of carbonyl (C=O) groups is 3. The number of allylic oxidation sites excluding steroid dienone is 4. The van der Waals surface area contributed by atoms with E-state index in [4.69, 9.17) is 29.0 Å². The van der Waals surface area contributed by atoms with Gasteiger partial charge in [0.2, 0.25) is 0 Å². The lowest BCUT2D eigenvalue weighted by Crippen LogP contribution is -2.36. The fraction of sp³-hybridized carbons (Fsp3) is 0.771. The number of esters is 2. The second-order valence-electron chi connectivity index (χ2n) is 18.2. The molecular formula is C48H83N3O16P2. The molecule has 0 radical (unpaired) electrons. The van der Waals surface area contributed by atoms with Gasteiger partial charge in [0.05, 0.1) is 13.2 Å². The maximum Gasteiger partial charge on any atom is 0.481 e. The zero-order valence-corrected chi connectivity index (χ0v) is 43.1. The number of aliphatic hydroxyl groups excluding tert-OH is 2. The third kappa shape index (κ3) is 29.8. The van der Waals surface area contributed by atoms with Crippen molar-refractivity contribution in [3.8, 4) is 0 Å². The molecule has 7 atom stereocenters. The summed E-state index contributed by atoms with van der Waals surface area (Å²) in [6, 6.07) is 1.24. The van der Waals surface area contributed by atoms with E-state index in [1.165, 1.54) is 70.3 Å². The summed E-state index contributed by atoms with van der Waals surface area (Å²) in [4.78, 5) is 74.0. The van der Waals surface area contributed by atoms with Crippen LogP contribution in [0.25, 0.3) is 0 Å². The fourth-order valence-corrected chi connectivity index (χ4v) is 9.59. The number of phosphoric acid groups is 2. The fourth-order valence-electron chi connectivity index (χ4n) is 7.48. The number of unbranched alkanes of at least 4 members (excludes halogenated alkanes) is 18. The number of hydrogen-bond acceptors (Lipinski definition) is 16. The Balaban J connectivity index is 1.82. The number of ether oxygens (including phenoxy) is 3. The molecular weight excluding hydrogens is 936 g/mol. The zero-order valence-electron chi connectivity index (χ0n) is 41.3. The first-order chi connectivity index (χ1) is 32.9. The Morgan fingerprint density at radius 2 is 1.33 bits per heavy atom. The number of aromatic nitrogens is 2. The Morgan fingerprint density at radius 1 is 0.768 bits per heavy atom. The maximum atomic E-state index is 12.9. The minimum atomic E-state index is -5.44. The minimum Gasteiger partial charge on any atom is -0.462 e. The number of anilines is 1. The van der Waals surface area contributed by atoms with E-state index in [-0.39, 0.29) is 24.4 Å². The number of hydrogen-bond donors (Lipinski definition) is 5. The van der Waals surface area contributed by atoms with Crippen molar-refractivity contribution in [1.29, 1.82) is 0 Å². The summed E-state index contributed by atoms with van der Waals surface area (Å²) in [5, 5.41) is 20.9. The average Bonchev–Trinajstić information content (AvgIpc) is 3.56. The van der Waals surface area contributed by atoms with Gasteiger partial charge in [0.25, 0.3) is 0 Å². The van der Waals surface area contributed by atoms with Crippen LogP contribution in [0.1, 0.15) is 188 Å². The van der Waals surface area contributed by atoms with E-state index in [1.54, 1.807) is 12.2 Å². The van der Waals surface area contributed by atoms with Crippen molar-refractivity contribution in [2.45, 2.75) is 212 Å². The van der Waals surface area contributed by atoms with Crippen molar-refractivity contribution in [3.05, 3.63) is 47.1 Å². The van der Waals surface area contributed by atoms with Crippen LogP contribution in [0.15, 0.2) is 41.4 Å². The molecule has 2 rings (SSSR count). The number of nitrogens with two attached hydrogens (primary N) is 1. The van der Waals surface area contributed by atoms with E-state index in [2.05, 4.69) is 36.1 Å². The van der Waals surface area contributed by atoms with Crippen molar-refractivity contribution in [3.63, 3.8) is 0 Å². The molecule has 21 heteroatoms. The van der Waals surface area contributed by atoms with Crippen LogP contribution in [-0.2, 0) is 51.1 Å². The number of rotatable bonds is 41. The highest BCUT2D eigenvalue weighted by Crippen LogP contribution is 2.60. The Hall–Kier alpha value is -3.09. The summed E-state index contributed by atoms with van der Waals surface area (Å²) in [7, 11) is -10.9. The van der Waals surface area contributed by atoms with Gasteiger partial charge in [-0.1, -0.05) is 148 Å². The predicted octanol–water partition coefficient (Wildman–Crippen LogP) is 9.26. The van der Waals surface area contributed by atoms with E-state index >= 15 is 0 Å². The summed E-state index contributed by atoms with van der Waals surface area (Å²) in [6.07, 6.45) is 23.8. The third-order valence-electron chi connectivity index (χ3n) is 11.4. The normalized spacial score (nSPS) is 19.5. The van der Waals surface area contributed by atoms with Crippen molar-refractivity contribution in [1.82, 2.24) is 9.55 Å². The zero-order chi connectivity index (χ0) is 50.9. The number of aliphatic hydroxyl groups is 2. The van der Waals surface area contributed by atoms with Gasteiger partial charge in [0, 0.05) is 25.5 Å². The predicted molar refractivity (Wildman–Crippen MR) is 262 cm³/mol. The van der Waals surface area contributed by atoms with Gasteiger partial charge in [-0.2, -0.15) is 9.29 Å². The molecule has 1 aliphatic rings. The molecule has 19 nitrogen and oxygen atoms in total. The van der Waals surface area contributed by atoms with Crippen LogP contribution in [0.3, 0.4) is 0 Å². The SMILES string of the molecule is CCCCC/C=C\C=C\C(=O)CCCCCCCC(=O)OC[C@H](COP(=O)(O)OP(=O)(O)OC[C@H]1O[C@@H](n2ccc(N)nc2=O)[C@H](O)[C@@H]1O)OC(=O)CCCCCCCCCCCCCCC(C)C. The van der Waals surface area contributed by atoms with Gasteiger partial charge >= 0.3 is 33.3 Å². The number of nitrogen functional groups attached to an aromatic ring is 1. The molecule has 1 saturated heterocycles. The standard InChI is InChI=1S/C48H83N3O16P2/c1-4-5-6-7-14-19-24-29-39(52)30-25-20-17-22-26-31-43(53)62-35-40(65-44(54)32-27-21-16-13-11-9-8-10-12-15-18-23-28-38(2)3)36-63-68(58,59)67-69(60,61)64-37-41-45(55)46(56)47(66-41)51-34-33-42(49)50-48(51)57/h14,19,24,29,33-34,38,40-41,45-47,55-56H,4-13,15-18,20-23,25-28,30-32,35-37H2,1-3H3,(H,58,59)(H,60,61)(H2,49,50,57)/b19-14-,29-24+/t40-,41-,45-,46-,47-/m1/s1. The largest absolute Gasteiger partial charge is 0.481 e. The molecule has 0 saturated carbocycles. The first-order valence-corrected chi connectivity index (χ1v) is 28.2. The summed E-state index contributed by atoms with van der Waals surface area (Å²) in [5.41, 5.74) is 4.58. The lowest BCUT2D eigenvalue weighted by Gasteiger charge is -2.21. The molecule has 1 aromatic heterocycles. The van der Waals surface area contributed by atoms with E-state index in [0.717, 1.165) is 74.5 Å². The van der Waals surface area contributed by atoms with Crippen molar-refractivity contribution < 1.29 is 71.1 Å². The topological polar surface area (TPSA) is 283 Å². The molecule has 0 amide bonds. The maximum absolute atomic E-state index is 12.9. The molecule has 0 aromatic carbocycles. The summed E-state index contributed by atoms with van der Waals surface area (Å²) >= 11 is 0. The van der Waals surface area contributed by atoms with Gasteiger partial charge in [0.15, 0.2) is 18.1 Å². The van der Waals surface area contributed by atoms with Crippen LogP contribution in [0, 0.1) is 5.92 Å². The quantitative estimate of drug-likeness (QED) is 0.0134. The highest BCUT2D eigenvalue weighted by Gasteiger charge is 2.46. The van der Waals surface area contributed by atoms with Crippen LogP contribution in [0.2, 0.25) is 0 Å². The minimum absolute atomic E-state index is 0.0282. The van der Waals surface area contributed by atoms with Crippen LogP contribution in [-0.4, -0.2) is 91.5 Å². The highest BCUT2D eigenvalue weighted by atomic mass is 31.3. The first kappa shape index (κ1) is 62.0. The van der Waals surface area contributed by atoms with Crippen LogP contribution in [0.4, 0.5) is 5.82 Å². The Labute approximate surface area is 409 Å². The molecule has 0 spiro atoms. The average molecular weight is 1020 g/mol. The van der Waals surface area contributed by atoms with Gasteiger partial charge in [-0.25, -0.2) is 13.9 Å². The van der Waals surface area contributed by atoms with E-state index in [0.29, 0.717) is 25.7 Å². The second kappa shape index (κ2) is 35.9. The van der Waals surface area contributed by atoms with Crippen LogP contribution in [0.5, 0.6) is 0 Å². The molecule has 2 heterocycles. The van der Waals surface area contributed by atoms with Gasteiger partial charge in [0.1, 0.15) is 30.7 Å². The number of carbonyl (C=O) groups excluding carboxylic acids is 3. The molecule has 1 aromatic rings. The Kier molecular flexibility index (Phi) is 32.3.